The lowest BCUT2D eigenvalue weighted by Gasteiger charge is -2.13. The number of hydrogen-bond donors (Lipinski definition) is 2. The number of aromatic nitrogens is 1. The van der Waals surface area contributed by atoms with E-state index in [0.717, 1.165) is 12.4 Å². The first-order chi connectivity index (χ1) is 11.8. The fraction of sp³-hybridized carbons (Fsp3) is 0.176. The molecule has 0 spiro atoms. The van der Waals surface area contributed by atoms with E-state index in [1.54, 1.807) is 24.3 Å². The van der Waals surface area contributed by atoms with Gasteiger partial charge < -0.3 is 20.6 Å². The lowest BCUT2D eigenvalue weighted by molar-refractivity contribution is -0.605. The number of ether oxygens (including phenoxy) is 1. The maximum absolute atomic E-state index is 12.1. The highest BCUT2D eigenvalue weighted by molar-refractivity contribution is 5.97. The molecule has 0 saturated heterocycles. The molecule has 1 heterocycles. The minimum atomic E-state index is -1.03. The van der Waals surface area contributed by atoms with Gasteiger partial charge in [-0.1, -0.05) is 0 Å². The van der Waals surface area contributed by atoms with Crippen LogP contribution in [0.4, 0.5) is 11.4 Å². The molecule has 0 unspecified atom stereocenters. The zero-order valence-corrected chi connectivity index (χ0v) is 13.7. The molecule has 8 heteroatoms. The Labute approximate surface area is 144 Å². The molecule has 8 nitrogen and oxygen atoms in total. The van der Waals surface area contributed by atoms with E-state index in [2.05, 4.69) is 10.6 Å². The number of rotatable bonds is 5. The van der Waals surface area contributed by atoms with Crippen molar-refractivity contribution in [3.63, 3.8) is 0 Å². The molecule has 0 aliphatic carbocycles. The molecule has 0 radical (unpaired) electrons. The van der Waals surface area contributed by atoms with Crippen LogP contribution in [0.25, 0.3) is 0 Å². The average molecular weight is 343 g/mol. The van der Waals surface area contributed by atoms with Gasteiger partial charge in [0.1, 0.15) is 0 Å². The van der Waals surface area contributed by atoms with Crippen LogP contribution in [0.3, 0.4) is 0 Å². The molecule has 1 aromatic carbocycles. The van der Waals surface area contributed by atoms with E-state index in [4.69, 9.17) is 4.74 Å². The number of benzene rings is 1. The highest BCUT2D eigenvalue weighted by Crippen LogP contribution is 2.14. The van der Waals surface area contributed by atoms with Crippen molar-refractivity contribution in [2.24, 2.45) is 0 Å². The summed E-state index contributed by atoms with van der Waals surface area (Å²) in [4.78, 5) is 35.0. The summed E-state index contributed by atoms with van der Waals surface area (Å²) in [5.74, 6) is -1.40. The molecule has 0 fully saturated rings. The fourth-order valence-electron chi connectivity index (χ4n) is 1.92. The molecule has 0 saturated carbocycles. The first-order valence-corrected chi connectivity index (χ1v) is 7.43. The Kier molecular flexibility index (Phi) is 5.67. The van der Waals surface area contributed by atoms with Crippen LogP contribution in [0.2, 0.25) is 0 Å². The number of esters is 1. The van der Waals surface area contributed by atoms with E-state index in [-0.39, 0.29) is 11.5 Å². The maximum atomic E-state index is 12.1. The molecule has 0 bridgehead atoms. The van der Waals surface area contributed by atoms with Crippen LogP contribution in [0.5, 0.6) is 0 Å². The molecule has 130 valence electrons. The van der Waals surface area contributed by atoms with Crippen molar-refractivity contribution in [3.8, 4) is 0 Å². The monoisotopic (exact) mass is 343 g/mol. The highest BCUT2D eigenvalue weighted by atomic mass is 16.5. The Morgan fingerprint density at radius 1 is 1.00 bits per heavy atom. The number of amides is 2. The summed E-state index contributed by atoms with van der Waals surface area (Å²) < 4.78 is 5.61. The zero-order valence-electron chi connectivity index (χ0n) is 13.7. The van der Waals surface area contributed by atoms with E-state index in [1.165, 1.54) is 26.0 Å². The predicted octanol–water partition coefficient (Wildman–Crippen LogP) is 1.46. The second-order valence-corrected chi connectivity index (χ2v) is 5.24. The van der Waals surface area contributed by atoms with Crippen LogP contribution in [0.1, 0.15) is 24.2 Å². The van der Waals surface area contributed by atoms with Crippen LogP contribution < -0.4 is 15.4 Å². The van der Waals surface area contributed by atoms with Gasteiger partial charge in [0.2, 0.25) is 5.91 Å². The van der Waals surface area contributed by atoms with Crippen LogP contribution in [-0.4, -0.2) is 23.9 Å². The van der Waals surface area contributed by atoms with Crippen LogP contribution in [0.15, 0.2) is 48.8 Å². The maximum Gasteiger partial charge on any atom is 0.339 e. The van der Waals surface area contributed by atoms with Crippen molar-refractivity contribution in [2.75, 3.05) is 10.6 Å². The second kappa shape index (κ2) is 7.91. The van der Waals surface area contributed by atoms with Crippen LogP contribution in [-0.2, 0) is 14.3 Å². The summed E-state index contributed by atoms with van der Waals surface area (Å²) in [6, 6.07) is 9.11. The Bertz CT molecular complexity index is 772. The van der Waals surface area contributed by atoms with E-state index < -0.39 is 18.0 Å². The molecular weight excluding hydrogens is 326 g/mol. The number of anilines is 2. The average Bonchev–Trinajstić information content (AvgIpc) is 2.56. The fourth-order valence-corrected chi connectivity index (χ4v) is 1.92. The molecule has 0 aliphatic rings. The molecular formula is C17H17N3O5. The normalized spacial score (nSPS) is 11.3. The number of carbonyl (C=O) groups excluding carboxylic acids is 3. The summed E-state index contributed by atoms with van der Waals surface area (Å²) in [6.45, 7) is 2.84. The number of nitrogens with one attached hydrogen (secondary N) is 2. The van der Waals surface area contributed by atoms with Crippen molar-refractivity contribution in [1.29, 1.82) is 0 Å². The highest BCUT2D eigenvalue weighted by Gasteiger charge is 2.19. The van der Waals surface area contributed by atoms with Crippen molar-refractivity contribution >= 4 is 29.2 Å². The van der Waals surface area contributed by atoms with Crippen molar-refractivity contribution in [3.05, 3.63) is 59.6 Å². The topological polar surface area (TPSA) is 111 Å². The lowest BCUT2D eigenvalue weighted by Crippen LogP contribution is -2.30. The van der Waals surface area contributed by atoms with Gasteiger partial charge in [0.15, 0.2) is 18.5 Å². The zero-order chi connectivity index (χ0) is 18.4. The quantitative estimate of drug-likeness (QED) is 0.485. The molecule has 2 amide bonds. The van der Waals surface area contributed by atoms with Gasteiger partial charge in [-0.2, -0.15) is 4.73 Å². The third-order valence-electron chi connectivity index (χ3n) is 3.16. The Morgan fingerprint density at radius 3 is 2.04 bits per heavy atom. The minimum Gasteiger partial charge on any atom is -0.619 e. The molecule has 1 aromatic heterocycles. The van der Waals surface area contributed by atoms with Gasteiger partial charge in [-0.05, 0) is 31.2 Å². The van der Waals surface area contributed by atoms with E-state index in [1.807, 2.05) is 0 Å². The van der Waals surface area contributed by atoms with Crippen molar-refractivity contribution in [1.82, 2.24) is 0 Å². The number of pyridine rings is 1. The van der Waals surface area contributed by atoms with Gasteiger partial charge in [0.25, 0.3) is 5.91 Å². The van der Waals surface area contributed by atoms with Gasteiger partial charge in [0.05, 0.1) is 5.56 Å². The standard InChI is InChI=1S/C17H17N3O5/c1-11(25-17(23)13-7-9-20(24)10-8-13)16(22)19-15-5-3-14(4-6-15)18-12(2)21/h3-11H,1-2H3,(H,18,21)(H,19,22)/t11-/m1/s1. The Balaban J connectivity index is 1.92. The Hall–Kier alpha value is -3.42. The summed E-state index contributed by atoms with van der Waals surface area (Å²) in [7, 11) is 0. The molecule has 1 atom stereocenters. The summed E-state index contributed by atoms with van der Waals surface area (Å²) in [6.07, 6.45) is 1.30. The smallest absolute Gasteiger partial charge is 0.339 e. The van der Waals surface area contributed by atoms with Crippen molar-refractivity contribution < 1.29 is 23.9 Å². The van der Waals surface area contributed by atoms with Gasteiger partial charge in [0, 0.05) is 30.4 Å². The molecule has 0 aliphatic heterocycles. The second-order valence-electron chi connectivity index (χ2n) is 5.24. The van der Waals surface area contributed by atoms with Gasteiger partial charge in [-0.15, -0.1) is 0 Å². The molecule has 25 heavy (non-hydrogen) atoms. The summed E-state index contributed by atoms with van der Waals surface area (Å²) in [5, 5.41) is 16.2. The lowest BCUT2D eigenvalue weighted by atomic mass is 10.2. The van der Waals surface area contributed by atoms with Crippen LogP contribution >= 0.6 is 0 Å². The van der Waals surface area contributed by atoms with Crippen molar-refractivity contribution in [2.45, 2.75) is 20.0 Å². The largest absolute Gasteiger partial charge is 0.619 e. The SMILES string of the molecule is CC(=O)Nc1ccc(NC(=O)[C@@H](C)OC(=O)c2cc[n+]([O-])cc2)cc1. The molecule has 2 rings (SSSR count). The third-order valence-corrected chi connectivity index (χ3v) is 3.16. The van der Waals surface area contributed by atoms with Crippen LogP contribution in [0, 0.1) is 5.21 Å². The number of hydrogen-bond acceptors (Lipinski definition) is 5. The third kappa shape index (κ3) is 5.31. The van der Waals surface area contributed by atoms with E-state index >= 15 is 0 Å². The van der Waals surface area contributed by atoms with E-state index in [0.29, 0.717) is 16.1 Å². The Morgan fingerprint density at radius 2 is 1.52 bits per heavy atom. The first kappa shape index (κ1) is 17.9. The van der Waals surface area contributed by atoms with E-state index in [9.17, 15) is 19.6 Å². The van der Waals surface area contributed by atoms with Gasteiger partial charge in [-0.3, -0.25) is 9.59 Å². The molecule has 2 aromatic rings. The summed E-state index contributed by atoms with van der Waals surface area (Å²) >= 11 is 0. The first-order valence-electron chi connectivity index (χ1n) is 7.43. The minimum absolute atomic E-state index is 0.173. The summed E-state index contributed by atoms with van der Waals surface area (Å²) in [5.41, 5.74) is 1.27. The van der Waals surface area contributed by atoms with Gasteiger partial charge >= 0.3 is 5.97 Å². The number of carbonyl (C=O) groups is 3. The number of nitrogens with zero attached hydrogens (tertiary/aromatic N) is 1. The molecule has 2 N–H and O–H groups in total. The predicted molar refractivity (Wildman–Crippen MR) is 89.7 cm³/mol. The van der Waals surface area contributed by atoms with Gasteiger partial charge in [-0.25, -0.2) is 4.79 Å².